The Morgan fingerprint density at radius 1 is 1.71 bits per heavy atom. The first-order valence-electron chi connectivity index (χ1n) is 1.72. The molecule has 0 saturated heterocycles. The van der Waals surface area contributed by atoms with Crippen molar-refractivity contribution >= 4 is 5.97 Å². The van der Waals surface area contributed by atoms with Crippen LogP contribution in [0.2, 0.25) is 0 Å². The zero-order valence-electron chi connectivity index (χ0n) is 3.94. The number of carboxylic acid groups (broad SMARTS) is 1. The highest BCUT2D eigenvalue weighted by Gasteiger charge is 2.18. The second kappa shape index (κ2) is 1.37. The first kappa shape index (κ1) is 6.21. The van der Waals surface area contributed by atoms with Crippen molar-refractivity contribution < 1.29 is 9.90 Å². The van der Waals surface area contributed by atoms with Crippen molar-refractivity contribution in [2.45, 2.75) is 0 Å². The van der Waals surface area contributed by atoms with Crippen molar-refractivity contribution in [2.75, 3.05) is 0 Å². The van der Waals surface area contributed by atoms with E-state index in [9.17, 15) is 9.90 Å². The molecule has 0 aromatic carbocycles. The molecule has 7 heavy (non-hydrogen) atoms. The fourth-order valence-corrected chi connectivity index (χ4v) is 0. The molecule has 0 amide bonds. The molecule has 0 aliphatic heterocycles. The van der Waals surface area contributed by atoms with E-state index in [1.165, 1.54) is 0 Å². The molecule has 0 bridgehead atoms. The van der Waals surface area contributed by atoms with Gasteiger partial charge in [-0.1, -0.05) is 0 Å². The largest absolute Gasteiger partial charge is 0.544 e. The number of carbonyl (C=O) groups excluding carboxylic acids is 1. The molecule has 0 fully saturated rings. The average molecular weight is 98.1 g/mol. The smallest absolute Gasteiger partial charge is 0.157 e. The zero-order chi connectivity index (χ0) is 6.08. The van der Waals surface area contributed by atoms with Crippen molar-refractivity contribution in [3.8, 4) is 0 Å². The van der Waals surface area contributed by atoms with Gasteiger partial charge in [-0.2, -0.15) is 0 Å². The molecule has 0 rings (SSSR count). The summed E-state index contributed by atoms with van der Waals surface area (Å²) in [6.07, 6.45) is 0. The minimum atomic E-state index is -1.44. The summed E-state index contributed by atoms with van der Waals surface area (Å²) in [5.74, 6) is -1.34. The Morgan fingerprint density at radius 2 is 1.86 bits per heavy atom. The maximum Gasteiger partial charge on any atom is 0.157 e. The lowest BCUT2D eigenvalue weighted by Gasteiger charge is -2.10. The van der Waals surface area contributed by atoms with Gasteiger partial charge in [0.1, 0.15) is 5.97 Å². The van der Waals surface area contributed by atoms with Gasteiger partial charge < -0.3 is 9.90 Å². The lowest BCUT2D eigenvalue weighted by molar-refractivity contribution is -0.312. The van der Waals surface area contributed by atoms with E-state index >= 15 is 0 Å². The van der Waals surface area contributed by atoms with Crippen LogP contribution in [0.25, 0.3) is 0 Å². The second-order valence-electron chi connectivity index (χ2n) is 1.57. The molecule has 0 unspecified atom stereocenters. The van der Waals surface area contributed by atoms with Gasteiger partial charge in [0.05, 0.1) is 13.8 Å². The standard InChI is InChI=1S/C5H6O2/c1-5(2,3)4(6)7/h1-3H2. The van der Waals surface area contributed by atoms with E-state index in [1.54, 1.807) is 0 Å². The molecular weight excluding hydrogens is 92.1 g/mol. The molecule has 38 valence electrons. The summed E-state index contributed by atoms with van der Waals surface area (Å²) in [7, 11) is 0. The molecule has 0 heterocycles. The number of carboxylic acids is 1. The van der Waals surface area contributed by atoms with Gasteiger partial charge in [-0.25, -0.2) is 6.92 Å². The van der Waals surface area contributed by atoms with Crippen molar-refractivity contribution in [1.82, 2.24) is 0 Å². The first-order chi connectivity index (χ1) is 2.94. The van der Waals surface area contributed by atoms with Crippen LogP contribution in [0.5, 0.6) is 0 Å². The normalized spacial score (nSPS) is 11.0. The topological polar surface area (TPSA) is 40.1 Å². The third-order valence-corrected chi connectivity index (χ3v) is 0.433. The van der Waals surface area contributed by atoms with E-state index < -0.39 is 11.4 Å². The van der Waals surface area contributed by atoms with Crippen LogP contribution < -0.4 is 5.11 Å². The second-order valence-corrected chi connectivity index (χ2v) is 1.57. The van der Waals surface area contributed by atoms with Crippen LogP contribution >= 0.6 is 0 Å². The van der Waals surface area contributed by atoms with Crippen molar-refractivity contribution in [2.24, 2.45) is 5.41 Å². The van der Waals surface area contributed by atoms with Crippen LogP contribution in [0, 0.1) is 26.2 Å². The fraction of sp³-hybridized carbons (Fsp3) is 0.200. The zero-order valence-corrected chi connectivity index (χ0v) is 3.94. The molecule has 0 radical (unpaired) electrons. The molecule has 2 nitrogen and oxygen atoms in total. The van der Waals surface area contributed by atoms with Gasteiger partial charge in [-0.3, -0.25) is 0 Å². The van der Waals surface area contributed by atoms with Gasteiger partial charge in [0.25, 0.3) is 0 Å². The quantitative estimate of drug-likeness (QED) is 0.404. The van der Waals surface area contributed by atoms with Crippen molar-refractivity contribution in [3.63, 3.8) is 0 Å². The fourth-order valence-electron chi connectivity index (χ4n) is 0. The van der Waals surface area contributed by atoms with Crippen molar-refractivity contribution in [1.29, 1.82) is 0 Å². The molecule has 0 saturated carbocycles. The van der Waals surface area contributed by atoms with Gasteiger partial charge in [-0.05, 0) is 0 Å². The van der Waals surface area contributed by atoms with Gasteiger partial charge >= 0.3 is 0 Å². The number of hydrogen-bond acceptors (Lipinski definition) is 2. The Hall–Kier alpha value is -0.790. The van der Waals surface area contributed by atoms with Crippen LogP contribution in [0.3, 0.4) is 0 Å². The number of hydrogen-bond donors (Lipinski definition) is 0. The first-order valence-corrected chi connectivity index (χ1v) is 1.72. The van der Waals surface area contributed by atoms with E-state index in [-0.39, 0.29) is 0 Å². The molecule has 2 heteroatoms. The molecule has 0 aromatic heterocycles. The summed E-state index contributed by atoms with van der Waals surface area (Å²) in [4.78, 5) is 9.72. The van der Waals surface area contributed by atoms with Gasteiger partial charge in [-0.15, -0.1) is 0 Å². The SMILES string of the molecule is [CH2+]C([CH2+])([CH2-])C(=O)[O-]. The summed E-state index contributed by atoms with van der Waals surface area (Å²) >= 11 is 0. The molecule has 0 N–H and O–H groups in total. The highest BCUT2D eigenvalue weighted by molar-refractivity contribution is 5.74. The van der Waals surface area contributed by atoms with E-state index in [4.69, 9.17) is 0 Å². The third kappa shape index (κ3) is 1.98. The Bertz CT molecular complexity index is 78.6. The minimum absolute atomic E-state index is 1.34. The third-order valence-electron chi connectivity index (χ3n) is 0.433. The number of aliphatic carboxylic acids is 1. The van der Waals surface area contributed by atoms with E-state index in [0.29, 0.717) is 0 Å². The molecule has 0 aromatic rings. The summed E-state index contributed by atoms with van der Waals surface area (Å²) in [5.41, 5.74) is -1.44. The maximum atomic E-state index is 9.72. The Morgan fingerprint density at radius 3 is 1.86 bits per heavy atom. The Labute approximate surface area is 43.2 Å². The minimum Gasteiger partial charge on any atom is -0.544 e. The molecular formula is C5H6O2. The maximum absolute atomic E-state index is 9.72. The Balaban J connectivity index is 3.79. The average Bonchev–Trinajstić information content (AvgIpc) is 1.31. The molecule has 0 aliphatic rings. The van der Waals surface area contributed by atoms with Crippen LogP contribution in [0.4, 0.5) is 0 Å². The number of carbonyl (C=O) groups is 1. The number of rotatable bonds is 1. The highest BCUT2D eigenvalue weighted by atomic mass is 16.4. The van der Waals surface area contributed by atoms with Crippen LogP contribution in [0.15, 0.2) is 0 Å². The monoisotopic (exact) mass is 98.0 g/mol. The van der Waals surface area contributed by atoms with E-state index in [2.05, 4.69) is 20.8 Å². The summed E-state index contributed by atoms with van der Waals surface area (Å²) < 4.78 is 0. The van der Waals surface area contributed by atoms with E-state index in [0.717, 1.165) is 0 Å². The Kier molecular flexibility index (Phi) is 1.22. The summed E-state index contributed by atoms with van der Waals surface area (Å²) in [6, 6.07) is 0. The van der Waals surface area contributed by atoms with Gasteiger partial charge in [0.15, 0.2) is 5.41 Å². The lowest BCUT2D eigenvalue weighted by Crippen LogP contribution is -2.36. The van der Waals surface area contributed by atoms with Gasteiger partial charge in [0.2, 0.25) is 0 Å². The molecule has 0 spiro atoms. The van der Waals surface area contributed by atoms with Crippen molar-refractivity contribution in [3.05, 3.63) is 20.8 Å². The van der Waals surface area contributed by atoms with Crippen LogP contribution in [0.1, 0.15) is 0 Å². The molecule has 0 atom stereocenters. The predicted octanol–water partition coefficient (Wildman–Crippen LogP) is -0.775. The van der Waals surface area contributed by atoms with Gasteiger partial charge in [0, 0.05) is 0 Å². The van der Waals surface area contributed by atoms with Crippen LogP contribution in [-0.2, 0) is 4.79 Å². The summed E-state index contributed by atoms with van der Waals surface area (Å²) in [6.45, 7) is 9.26. The molecule has 0 aliphatic carbocycles. The summed E-state index contributed by atoms with van der Waals surface area (Å²) in [5, 5.41) is 9.72. The van der Waals surface area contributed by atoms with E-state index in [1.807, 2.05) is 0 Å². The van der Waals surface area contributed by atoms with Crippen LogP contribution in [-0.4, -0.2) is 5.97 Å². The lowest BCUT2D eigenvalue weighted by atomic mass is 9.98. The highest BCUT2D eigenvalue weighted by Crippen LogP contribution is 2.07. The predicted molar refractivity (Wildman–Crippen MR) is 23.5 cm³/mol.